The van der Waals surface area contributed by atoms with Crippen LogP contribution in [0.1, 0.15) is 38.2 Å². The van der Waals surface area contributed by atoms with Gasteiger partial charge in [0.05, 0.1) is 23.8 Å². The van der Waals surface area contributed by atoms with Gasteiger partial charge >= 0.3 is 0 Å². The standard InChI is InChI=1S/C23H34N6O.HI/c1-5-24-22(25-18-23(13-9-10-14-23)21(30)27(2)3)28(4)16-19-15-26-29(17-19)20-11-7-6-8-12-20;/h6-8,11-12,15,17H,5,9-10,13-14,16,18H2,1-4H3,(H,24,25);1H. The molecule has 0 aliphatic heterocycles. The average molecular weight is 538 g/mol. The average Bonchev–Trinajstić information content (AvgIpc) is 3.41. The fourth-order valence-electron chi connectivity index (χ4n) is 4.17. The van der Waals surface area contributed by atoms with Gasteiger partial charge in [0.2, 0.25) is 5.91 Å². The third kappa shape index (κ3) is 6.21. The van der Waals surface area contributed by atoms with E-state index < -0.39 is 0 Å². The van der Waals surface area contributed by atoms with Crippen LogP contribution in [0.4, 0.5) is 0 Å². The third-order valence-electron chi connectivity index (χ3n) is 5.73. The number of aliphatic imine (C=N–C) groups is 1. The molecular weight excluding hydrogens is 503 g/mol. The minimum Gasteiger partial charge on any atom is -0.357 e. The molecule has 0 saturated heterocycles. The second-order valence-electron chi connectivity index (χ2n) is 8.34. The quantitative estimate of drug-likeness (QED) is 0.333. The van der Waals surface area contributed by atoms with Crippen molar-refractivity contribution in [3.05, 3.63) is 48.3 Å². The van der Waals surface area contributed by atoms with Gasteiger partial charge in [0.1, 0.15) is 0 Å². The first kappa shape index (κ1) is 25.2. The van der Waals surface area contributed by atoms with Crippen LogP contribution in [-0.4, -0.2) is 65.7 Å². The fraction of sp³-hybridized carbons (Fsp3) is 0.522. The van der Waals surface area contributed by atoms with Gasteiger partial charge in [-0.05, 0) is 31.9 Å². The lowest BCUT2D eigenvalue weighted by Crippen LogP contribution is -2.43. The Kier molecular flexibility index (Phi) is 9.33. The second kappa shape index (κ2) is 11.5. The number of hydrogen-bond donors (Lipinski definition) is 1. The van der Waals surface area contributed by atoms with Crippen molar-refractivity contribution in [1.29, 1.82) is 0 Å². The molecule has 31 heavy (non-hydrogen) atoms. The van der Waals surface area contributed by atoms with Crippen LogP contribution in [0.3, 0.4) is 0 Å². The van der Waals surface area contributed by atoms with Gasteiger partial charge in [0.15, 0.2) is 5.96 Å². The fourth-order valence-corrected chi connectivity index (χ4v) is 4.17. The van der Waals surface area contributed by atoms with E-state index in [4.69, 9.17) is 4.99 Å². The molecule has 0 atom stereocenters. The van der Waals surface area contributed by atoms with E-state index in [0.717, 1.165) is 49.4 Å². The monoisotopic (exact) mass is 538 g/mol. The first-order valence-corrected chi connectivity index (χ1v) is 10.8. The molecule has 3 rings (SSSR count). The van der Waals surface area contributed by atoms with E-state index >= 15 is 0 Å². The summed E-state index contributed by atoms with van der Waals surface area (Å²) in [6, 6.07) is 10.1. The van der Waals surface area contributed by atoms with Gasteiger partial charge in [-0.2, -0.15) is 5.10 Å². The summed E-state index contributed by atoms with van der Waals surface area (Å²) in [4.78, 5) is 21.5. The van der Waals surface area contributed by atoms with E-state index in [1.165, 1.54) is 0 Å². The summed E-state index contributed by atoms with van der Waals surface area (Å²) in [6.07, 6.45) is 7.96. The lowest BCUT2D eigenvalue weighted by molar-refractivity contribution is -0.138. The van der Waals surface area contributed by atoms with E-state index in [2.05, 4.69) is 22.2 Å². The predicted octanol–water partition coefficient (Wildman–Crippen LogP) is 3.54. The maximum atomic E-state index is 12.8. The molecular formula is C23H35IN6O. The molecule has 1 N–H and O–H groups in total. The topological polar surface area (TPSA) is 65.8 Å². The van der Waals surface area contributed by atoms with Gasteiger partial charge in [0, 0.05) is 46.0 Å². The van der Waals surface area contributed by atoms with E-state index in [1.54, 1.807) is 4.90 Å². The summed E-state index contributed by atoms with van der Waals surface area (Å²) in [7, 11) is 5.71. The minimum absolute atomic E-state index is 0. The summed E-state index contributed by atoms with van der Waals surface area (Å²) in [5.74, 6) is 1.02. The van der Waals surface area contributed by atoms with Crippen LogP contribution in [0.2, 0.25) is 0 Å². The minimum atomic E-state index is -0.358. The van der Waals surface area contributed by atoms with Crippen LogP contribution < -0.4 is 5.32 Å². The van der Waals surface area contributed by atoms with Crippen LogP contribution in [0.15, 0.2) is 47.7 Å². The van der Waals surface area contributed by atoms with Gasteiger partial charge in [-0.15, -0.1) is 24.0 Å². The highest BCUT2D eigenvalue weighted by molar-refractivity contribution is 14.0. The summed E-state index contributed by atoms with van der Waals surface area (Å²) in [5, 5.41) is 7.86. The Bertz CT molecular complexity index is 858. The van der Waals surface area contributed by atoms with Crippen LogP contribution in [0.25, 0.3) is 5.69 Å². The van der Waals surface area contributed by atoms with Crippen molar-refractivity contribution in [3.63, 3.8) is 0 Å². The van der Waals surface area contributed by atoms with Crippen molar-refractivity contribution in [2.75, 3.05) is 34.2 Å². The SMILES string of the molecule is CCNC(=NCC1(C(=O)N(C)C)CCCC1)N(C)Cc1cnn(-c2ccccc2)c1.I. The highest BCUT2D eigenvalue weighted by Crippen LogP contribution is 2.39. The first-order chi connectivity index (χ1) is 14.4. The van der Waals surface area contributed by atoms with E-state index in [0.29, 0.717) is 13.1 Å². The zero-order chi connectivity index (χ0) is 21.6. The number of nitrogens with one attached hydrogen (secondary N) is 1. The first-order valence-electron chi connectivity index (χ1n) is 10.8. The van der Waals surface area contributed by atoms with Gasteiger partial charge in [-0.1, -0.05) is 31.0 Å². The number of nitrogens with zero attached hydrogens (tertiary/aromatic N) is 5. The second-order valence-corrected chi connectivity index (χ2v) is 8.34. The summed E-state index contributed by atoms with van der Waals surface area (Å²) >= 11 is 0. The number of carbonyl (C=O) groups is 1. The van der Waals surface area contributed by atoms with Crippen LogP contribution in [0, 0.1) is 5.41 Å². The molecule has 1 heterocycles. The van der Waals surface area contributed by atoms with Gasteiger partial charge in [-0.3, -0.25) is 9.79 Å². The summed E-state index contributed by atoms with van der Waals surface area (Å²) in [6.45, 7) is 4.06. The lowest BCUT2D eigenvalue weighted by atomic mass is 9.85. The Hall–Kier alpha value is -2.10. The highest BCUT2D eigenvalue weighted by atomic mass is 127. The largest absolute Gasteiger partial charge is 0.357 e. The van der Waals surface area contributed by atoms with E-state index in [-0.39, 0.29) is 35.3 Å². The van der Waals surface area contributed by atoms with Crippen molar-refractivity contribution in [3.8, 4) is 5.69 Å². The number of aromatic nitrogens is 2. The number of benzene rings is 1. The van der Waals surface area contributed by atoms with Crippen molar-refractivity contribution in [2.45, 2.75) is 39.2 Å². The van der Waals surface area contributed by atoms with Gasteiger partial charge in [0.25, 0.3) is 0 Å². The summed E-state index contributed by atoms with van der Waals surface area (Å²) < 4.78 is 1.89. The van der Waals surface area contributed by atoms with Crippen LogP contribution >= 0.6 is 24.0 Å². The number of halogens is 1. The van der Waals surface area contributed by atoms with Crippen molar-refractivity contribution >= 4 is 35.8 Å². The number of carbonyl (C=O) groups excluding carboxylic acids is 1. The Labute approximate surface area is 202 Å². The van der Waals surface area contributed by atoms with Crippen LogP contribution in [-0.2, 0) is 11.3 Å². The van der Waals surface area contributed by atoms with Gasteiger partial charge in [-0.25, -0.2) is 4.68 Å². The molecule has 8 heteroatoms. The molecule has 1 amide bonds. The van der Waals surface area contributed by atoms with Crippen LogP contribution in [0.5, 0.6) is 0 Å². The van der Waals surface area contributed by atoms with Gasteiger partial charge < -0.3 is 15.1 Å². The Morgan fingerprint density at radius 3 is 2.48 bits per heavy atom. The number of rotatable bonds is 7. The van der Waals surface area contributed by atoms with Crippen molar-refractivity contribution in [1.82, 2.24) is 24.9 Å². The molecule has 1 saturated carbocycles. The van der Waals surface area contributed by atoms with E-state index in [1.807, 2.05) is 68.6 Å². The predicted molar refractivity (Wildman–Crippen MR) is 136 cm³/mol. The number of para-hydroxylation sites is 1. The zero-order valence-corrected chi connectivity index (χ0v) is 21.4. The molecule has 1 aromatic heterocycles. The molecule has 1 aromatic carbocycles. The Balaban J connectivity index is 0.00000341. The maximum absolute atomic E-state index is 12.8. The molecule has 2 aromatic rings. The van der Waals surface area contributed by atoms with Crippen molar-refractivity contribution in [2.24, 2.45) is 10.4 Å². The van der Waals surface area contributed by atoms with E-state index in [9.17, 15) is 4.79 Å². The number of guanidine groups is 1. The normalized spacial score (nSPS) is 15.3. The molecule has 0 unspecified atom stereocenters. The Morgan fingerprint density at radius 1 is 1.19 bits per heavy atom. The Morgan fingerprint density at radius 2 is 1.87 bits per heavy atom. The molecule has 0 radical (unpaired) electrons. The molecule has 7 nitrogen and oxygen atoms in total. The number of hydrogen-bond acceptors (Lipinski definition) is 3. The molecule has 1 aliphatic carbocycles. The zero-order valence-electron chi connectivity index (χ0n) is 19.0. The lowest BCUT2D eigenvalue weighted by Gasteiger charge is -2.30. The van der Waals surface area contributed by atoms with Crippen molar-refractivity contribution < 1.29 is 4.79 Å². The maximum Gasteiger partial charge on any atom is 0.230 e. The summed E-state index contributed by atoms with van der Waals surface area (Å²) in [5.41, 5.74) is 1.78. The third-order valence-corrected chi connectivity index (χ3v) is 5.73. The number of amides is 1. The molecule has 1 aliphatic rings. The molecule has 0 spiro atoms. The highest BCUT2D eigenvalue weighted by Gasteiger charge is 2.42. The molecule has 1 fully saturated rings. The smallest absolute Gasteiger partial charge is 0.230 e. The molecule has 170 valence electrons. The molecule has 0 bridgehead atoms.